The Hall–Kier alpha value is -0.870. The van der Waals surface area contributed by atoms with Crippen LogP contribution in [0.2, 0.25) is 0 Å². The lowest BCUT2D eigenvalue weighted by atomic mass is 9.86. The maximum atomic E-state index is 6.09. The van der Waals surface area contributed by atoms with E-state index in [0.717, 1.165) is 38.0 Å². The molecule has 1 saturated heterocycles. The molecule has 2 heterocycles. The molecule has 1 aromatic heterocycles. The summed E-state index contributed by atoms with van der Waals surface area (Å²) in [5, 5.41) is 8.24. The predicted octanol–water partition coefficient (Wildman–Crippen LogP) is 3.33. The number of nitrogens with one attached hydrogen (secondary N) is 1. The summed E-state index contributed by atoms with van der Waals surface area (Å²) in [5.74, 6) is 0. The number of likely N-dealkylation sites (N-methyl/N-ethyl adjacent to an activating group) is 1. The van der Waals surface area contributed by atoms with Crippen LogP contribution in [-0.4, -0.2) is 35.1 Å². The highest BCUT2D eigenvalue weighted by Gasteiger charge is 2.36. The van der Waals surface area contributed by atoms with Gasteiger partial charge in [0.25, 0.3) is 0 Å². The molecule has 0 aromatic carbocycles. The largest absolute Gasteiger partial charge is 0.374 e. The molecular weight excluding hydrogens is 262 g/mol. The summed E-state index contributed by atoms with van der Waals surface area (Å²) in [6, 6.07) is 3.01. The van der Waals surface area contributed by atoms with Crippen molar-refractivity contribution in [1.82, 2.24) is 15.1 Å². The molecule has 1 N–H and O–H groups in total. The highest BCUT2D eigenvalue weighted by Crippen LogP contribution is 2.29. The van der Waals surface area contributed by atoms with Crippen molar-refractivity contribution in [2.24, 2.45) is 0 Å². The fourth-order valence-electron chi connectivity index (χ4n) is 3.42. The number of hydrogen-bond acceptors (Lipinski definition) is 3. The molecule has 0 bridgehead atoms. The van der Waals surface area contributed by atoms with Crippen LogP contribution < -0.4 is 5.32 Å². The van der Waals surface area contributed by atoms with E-state index in [4.69, 9.17) is 9.84 Å². The molecule has 1 aliphatic heterocycles. The Labute approximate surface area is 129 Å². The minimum absolute atomic E-state index is 0.0638. The molecule has 0 saturated carbocycles. The molecule has 0 radical (unpaired) electrons. The van der Waals surface area contributed by atoms with Gasteiger partial charge in [-0.1, -0.05) is 13.8 Å². The van der Waals surface area contributed by atoms with E-state index in [1.165, 1.54) is 12.8 Å². The van der Waals surface area contributed by atoms with Crippen LogP contribution in [0.5, 0.6) is 0 Å². The molecule has 120 valence electrons. The zero-order chi connectivity index (χ0) is 15.3. The topological polar surface area (TPSA) is 39.1 Å². The van der Waals surface area contributed by atoms with Gasteiger partial charge in [-0.2, -0.15) is 5.10 Å². The van der Waals surface area contributed by atoms with Crippen molar-refractivity contribution in [1.29, 1.82) is 0 Å². The molecule has 2 rings (SSSR count). The predicted molar refractivity (Wildman–Crippen MR) is 86.6 cm³/mol. The number of rotatable bonds is 7. The van der Waals surface area contributed by atoms with Crippen molar-refractivity contribution in [3.63, 3.8) is 0 Å². The summed E-state index contributed by atoms with van der Waals surface area (Å²) < 4.78 is 8.22. The highest BCUT2D eigenvalue weighted by molar-refractivity contribution is 5.06. The Morgan fingerprint density at radius 1 is 1.38 bits per heavy atom. The minimum atomic E-state index is -0.0638. The summed E-state index contributed by atoms with van der Waals surface area (Å²) in [6.07, 6.45) is 8.91. The van der Waals surface area contributed by atoms with Gasteiger partial charge in [-0.05, 0) is 52.1 Å². The molecule has 0 spiro atoms. The summed E-state index contributed by atoms with van der Waals surface area (Å²) in [7, 11) is 2.03. The molecule has 2 unspecified atom stereocenters. The first-order valence-electron chi connectivity index (χ1n) is 8.48. The van der Waals surface area contributed by atoms with Gasteiger partial charge in [0.15, 0.2) is 0 Å². The van der Waals surface area contributed by atoms with Crippen LogP contribution in [0.1, 0.15) is 64.6 Å². The number of nitrogens with zero attached hydrogens (tertiary/aromatic N) is 2. The molecule has 1 aromatic rings. The van der Waals surface area contributed by atoms with E-state index in [1.807, 2.05) is 7.05 Å². The lowest BCUT2D eigenvalue weighted by Crippen LogP contribution is -2.52. The maximum Gasteiger partial charge on any atom is 0.0810 e. The van der Waals surface area contributed by atoms with Gasteiger partial charge in [0, 0.05) is 25.3 Å². The van der Waals surface area contributed by atoms with Crippen LogP contribution in [0, 0.1) is 0 Å². The van der Waals surface area contributed by atoms with Crippen molar-refractivity contribution >= 4 is 0 Å². The Kier molecular flexibility index (Phi) is 5.82. The normalized spacial score (nSPS) is 24.4. The first kappa shape index (κ1) is 16.5. The average molecular weight is 293 g/mol. The van der Waals surface area contributed by atoms with Gasteiger partial charge < -0.3 is 10.1 Å². The quantitative estimate of drug-likeness (QED) is 0.838. The van der Waals surface area contributed by atoms with E-state index in [-0.39, 0.29) is 5.60 Å². The minimum Gasteiger partial charge on any atom is -0.374 e. The van der Waals surface area contributed by atoms with E-state index in [0.29, 0.717) is 12.1 Å². The van der Waals surface area contributed by atoms with E-state index >= 15 is 0 Å². The first-order valence-corrected chi connectivity index (χ1v) is 8.48. The Morgan fingerprint density at radius 3 is 2.71 bits per heavy atom. The van der Waals surface area contributed by atoms with Gasteiger partial charge in [-0.25, -0.2) is 0 Å². The Bertz CT molecular complexity index is 419. The van der Waals surface area contributed by atoms with E-state index in [9.17, 15) is 0 Å². The number of ether oxygens (including phenoxy) is 1. The van der Waals surface area contributed by atoms with Gasteiger partial charge >= 0.3 is 0 Å². The third-order valence-electron chi connectivity index (χ3n) is 4.98. The standard InChI is InChI=1S/C17H31N3O/c1-5-15(6-2)20-11-9-14(19-20)13-16(18-4)17(3)10-7-8-12-21-17/h9,11,15-16,18H,5-8,10,12-13H2,1-4H3. The molecular formula is C17H31N3O. The van der Waals surface area contributed by atoms with Crippen molar-refractivity contribution in [2.75, 3.05) is 13.7 Å². The van der Waals surface area contributed by atoms with Gasteiger partial charge in [-0.15, -0.1) is 0 Å². The SMILES string of the molecule is CCC(CC)n1ccc(CC(NC)C2(C)CCCCO2)n1. The van der Waals surface area contributed by atoms with Crippen molar-refractivity contribution in [2.45, 2.75) is 77.0 Å². The summed E-state index contributed by atoms with van der Waals surface area (Å²) in [5.41, 5.74) is 1.10. The van der Waals surface area contributed by atoms with Gasteiger partial charge in [0.05, 0.1) is 17.3 Å². The van der Waals surface area contributed by atoms with Crippen molar-refractivity contribution in [3.8, 4) is 0 Å². The second kappa shape index (κ2) is 7.41. The molecule has 4 heteroatoms. The molecule has 0 amide bonds. The van der Waals surface area contributed by atoms with E-state index < -0.39 is 0 Å². The molecule has 2 atom stereocenters. The molecule has 0 aliphatic carbocycles. The highest BCUT2D eigenvalue weighted by atomic mass is 16.5. The monoisotopic (exact) mass is 293 g/mol. The fraction of sp³-hybridized carbons (Fsp3) is 0.824. The second-order valence-electron chi connectivity index (χ2n) is 6.42. The lowest BCUT2D eigenvalue weighted by Gasteiger charge is -2.40. The van der Waals surface area contributed by atoms with Crippen LogP contribution in [-0.2, 0) is 11.2 Å². The van der Waals surface area contributed by atoms with Gasteiger partial charge in [0.1, 0.15) is 0 Å². The average Bonchev–Trinajstić information content (AvgIpc) is 2.95. The van der Waals surface area contributed by atoms with Gasteiger partial charge in [-0.3, -0.25) is 4.68 Å². The van der Waals surface area contributed by atoms with Crippen LogP contribution in [0.25, 0.3) is 0 Å². The van der Waals surface area contributed by atoms with Crippen LogP contribution >= 0.6 is 0 Å². The third kappa shape index (κ3) is 3.86. The van der Waals surface area contributed by atoms with Crippen molar-refractivity contribution < 1.29 is 4.74 Å². The maximum absolute atomic E-state index is 6.09. The first-order chi connectivity index (χ1) is 10.1. The summed E-state index contributed by atoms with van der Waals surface area (Å²) >= 11 is 0. The van der Waals surface area contributed by atoms with E-state index in [1.54, 1.807) is 0 Å². The molecule has 1 aliphatic rings. The van der Waals surface area contributed by atoms with Crippen LogP contribution in [0.3, 0.4) is 0 Å². The molecule has 4 nitrogen and oxygen atoms in total. The van der Waals surface area contributed by atoms with E-state index in [2.05, 4.69) is 43.0 Å². The Balaban J connectivity index is 2.04. The zero-order valence-corrected chi connectivity index (χ0v) is 14.1. The van der Waals surface area contributed by atoms with Crippen LogP contribution in [0.15, 0.2) is 12.3 Å². The number of hydrogen-bond donors (Lipinski definition) is 1. The zero-order valence-electron chi connectivity index (χ0n) is 14.1. The summed E-state index contributed by atoms with van der Waals surface area (Å²) in [4.78, 5) is 0. The lowest BCUT2D eigenvalue weighted by molar-refractivity contribution is -0.0872. The Morgan fingerprint density at radius 2 is 2.14 bits per heavy atom. The second-order valence-corrected chi connectivity index (χ2v) is 6.42. The molecule has 21 heavy (non-hydrogen) atoms. The smallest absolute Gasteiger partial charge is 0.0810 e. The van der Waals surface area contributed by atoms with Crippen molar-refractivity contribution in [3.05, 3.63) is 18.0 Å². The van der Waals surface area contributed by atoms with Gasteiger partial charge in [0.2, 0.25) is 0 Å². The van der Waals surface area contributed by atoms with Crippen LogP contribution in [0.4, 0.5) is 0 Å². The molecule has 1 fully saturated rings. The summed E-state index contributed by atoms with van der Waals surface area (Å²) in [6.45, 7) is 7.58. The third-order valence-corrected chi connectivity index (χ3v) is 4.98. The number of aromatic nitrogens is 2. The fourth-order valence-corrected chi connectivity index (χ4v) is 3.42.